The SMILES string of the molecule is Cc1ccc(Br)cc1C#CC=O. The number of carbonyl (C=O) groups excluding carboxylic acids is 1. The van der Waals surface area contributed by atoms with Crippen molar-refractivity contribution < 1.29 is 4.79 Å². The maximum absolute atomic E-state index is 9.99. The molecule has 0 radical (unpaired) electrons. The third kappa shape index (κ3) is 2.21. The van der Waals surface area contributed by atoms with E-state index in [1.165, 1.54) is 0 Å². The minimum atomic E-state index is 0.598. The molecule has 1 aromatic rings. The van der Waals surface area contributed by atoms with E-state index in [2.05, 4.69) is 27.8 Å². The molecule has 2 heteroatoms. The Labute approximate surface area is 79.9 Å². The van der Waals surface area contributed by atoms with Crippen LogP contribution in [0.3, 0.4) is 0 Å². The second-order valence-corrected chi connectivity index (χ2v) is 3.26. The lowest BCUT2D eigenvalue weighted by Crippen LogP contribution is -1.81. The molecule has 0 bridgehead atoms. The molecule has 0 N–H and O–H groups in total. The molecule has 1 nitrogen and oxygen atoms in total. The zero-order valence-electron chi connectivity index (χ0n) is 6.60. The van der Waals surface area contributed by atoms with Crippen LogP contribution in [-0.4, -0.2) is 6.29 Å². The molecule has 0 heterocycles. The van der Waals surface area contributed by atoms with Crippen molar-refractivity contribution in [3.63, 3.8) is 0 Å². The Hall–Kier alpha value is -1.07. The molecular formula is C10H7BrO. The first-order chi connectivity index (χ1) is 5.74. The van der Waals surface area contributed by atoms with Gasteiger partial charge in [0, 0.05) is 10.0 Å². The highest BCUT2D eigenvalue weighted by molar-refractivity contribution is 9.10. The zero-order valence-corrected chi connectivity index (χ0v) is 8.18. The van der Waals surface area contributed by atoms with Crippen LogP contribution in [0.5, 0.6) is 0 Å². The molecule has 0 aliphatic carbocycles. The highest BCUT2D eigenvalue weighted by atomic mass is 79.9. The van der Waals surface area contributed by atoms with Crippen molar-refractivity contribution in [2.24, 2.45) is 0 Å². The molecular weight excluding hydrogens is 216 g/mol. The lowest BCUT2D eigenvalue weighted by atomic mass is 10.1. The van der Waals surface area contributed by atoms with Gasteiger partial charge >= 0.3 is 0 Å². The average Bonchev–Trinajstić information content (AvgIpc) is 2.07. The van der Waals surface area contributed by atoms with Crippen molar-refractivity contribution in [1.29, 1.82) is 0 Å². The molecule has 0 amide bonds. The van der Waals surface area contributed by atoms with Crippen molar-refractivity contribution in [2.75, 3.05) is 0 Å². The number of benzene rings is 1. The van der Waals surface area contributed by atoms with Crippen LogP contribution in [0.25, 0.3) is 0 Å². The molecule has 1 rings (SSSR count). The average molecular weight is 223 g/mol. The molecule has 0 fully saturated rings. The standard InChI is InChI=1S/C10H7BrO/c1-8-4-5-10(11)7-9(8)3-2-6-12/h4-7H,1H3. The van der Waals surface area contributed by atoms with E-state index in [0.717, 1.165) is 15.6 Å². The Kier molecular flexibility index (Phi) is 3.07. The van der Waals surface area contributed by atoms with Crippen molar-refractivity contribution in [2.45, 2.75) is 6.92 Å². The number of aryl methyl sites for hydroxylation is 1. The highest BCUT2D eigenvalue weighted by Crippen LogP contribution is 2.14. The molecule has 0 aliphatic heterocycles. The van der Waals surface area contributed by atoms with Gasteiger partial charge in [-0.05, 0) is 30.5 Å². The Morgan fingerprint density at radius 2 is 2.25 bits per heavy atom. The van der Waals surface area contributed by atoms with Gasteiger partial charge in [-0.15, -0.1) is 0 Å². The number of hydrogen-bond acceptors (Lipinski definition) is 1. The van der Waals surface area contributed by atoms with Gasteiger partial charge in [0.2, 0.25) is 0 Å². The van der Waals surface area contributed by atoms with Gasteiger partial charge in [-0.2, -0.15) is 0 Å². The molecule has 0 atom stereocenters. The fourth-order valence-electron chi connectivity index (χ4n) is 0.836. The summed E-state index contributed by atoms with van der Waals surface area (Å²) in [5.41, 5.74) is 1.96. The van der Waals surface area contributed by atoms with E-state index in [4.69, 9.17) is 0 Å². The van der Waals surface area contributed by atoms with Crippen LogP contribution in [0.4, 0.5) is 0 Å². The number of rotatable bonds is 0. The summed E-state index contributed by atoms with van der Waals surface area (Å²) in [5, 5.41) is 0. The molecule has 0 spiro atoms. The maximum atomic E-state index is 9.99. The fraction of sp³-hybridized carbons (Fsp3) is 0.100. The van der Waals surface area contributed by atoms with Crippen LogP contribution in [-0.2, 0) is 4.79 Å². The van der Waals surface area contributed by atoms with Gasteiger partial charge < -0.3 is 0 Å². The van der Waals surface area contributed by atoms with E-state index in [1.54, 1.807) is 0 Å². The number of aldehydes is 1. The van der Waals surface area contributed by atoms with Crippen LogP contribution in [0.2, 0.25) is 0 Å². The monoisotopic (exact) mass is 222 g/mol. The second-order valence-electron chi connectivity index (χ2n) is 2.35. The number of hydrogen-bond donors (Lipinski definition) is 0. The molecule has 60 valence electrons. The molecule has 0 aliphatic rings. The Balaban J connectivity index is 3.13. The Bertz CT molecular complexity index is 358. The number of carbonyl (C=O) groups is 1. The smallest absolute Gasteiger partial charge is 0.193 e. The molecule has 0 saturated heterocycles. The van der Waals surface area contributed by atoms with Crippen molar-refractivity contribution in [1.82, 2.24) is 0 Å². The summed E-state index contributed by atoms with van der Waals surface area (Å²) in [6.07, 6.45) is 0.598. The predicted octanol–water partition coefficient (Wildman–Crippen LogP) is 2.31. The molecule has 1 aromatic carbocycles. The molecule has 0 unspecified atom stereocenters. The van der Waals surface area contributed by atoms with Crippen molar-refractivity contribution >= 4 is 22.2 Å². The van der Waals surface area contributed by atoms with Gasteiger partial charge in [0.15, 0.2) is 6.29 Å². The minimum absolute atomic E-state index is 0.598. The Morgan fingerprint density at radius 3 is 2.92 bits per heavy atom. The van der Waals surface area contributed by atoms with Crippen LogP contribution < -0.4 is 0 Å². The summed E-state index contributed by atoms with van der Waals surface area (Å²) in [4.78, 5) is 9.99. The van der Waals surface area contributed by atoms with E-state index < -0.39 is 0 Å². The summed E-state index contributed by atoms with van der Waals surface area (Å²) in [5.74, 6) is 5.14. The van der Waals surface area contributed by atoms with Crippen LogP contribution in [0.15, 0.2) is 22.7 Å². The van der Waals surface area contributed by atoms with Gasteiger partial charge in [-0.1, -0.05) is 27.9 Å². The van der Waals surface area contributed by atoms with E-state index in [-0.39, 0.29) is 0 Å². The first-order valence-electron chi connectivity index (χ1n) is 3.45. The highest BCUT2D eigenvalue weighted by Gasteiger charge is 1.94. The summed E-state index contributed by atoms with van der Waals surface area (Å²) < 4.78 is 0.975. The third-order valence-corrected chi connectivity index (χ3v) is 1.96. The minimum Gasteiger partial charge on any atom is -0.289 e. The normalized spacial score (nSPS) is 8.50. The van der Waals surface area contributed by atoms with Gasteiger partial charge in [-0.25, -0.2) is 0 Å². The summed E-state index contributed by atoms with van der Waals surface area (Å²) in [6, 6.07) is 5.80. The van der Waals surface area contributed by atoms with E-state index in [9.17, 15) is 4.79 Å². The van der Waals surface area contributed by atoms with Crippen LogP contribution in [0, 0.1) is 18.8 Å². The van der Waals surface area contributed by atoms with Crippen LogP contribution >= 0.6 is 15.9 Å². The largest absolute Gasteiger partial charge is 0.289 e. The van der Waals surface area contributed by atoms with E-state index in [0.29, 0.717) is 6.29 Å². The van der Waals surface area contributed by atoms with Gasteiger partial charge in [-0.3, -0.25) is 4.79 Å². The maximum Gasteiger partial charge on any atom is 0.193 e. The topological polar surface area (TPSA) is 17.1 Å². The van der Waals surface area contributed by atoms with Gasteiger partial charge in [0.25, 0.3) is 0 Å². The molecule has 0 aromatic heterocycles. The third-order valence-electron chi connectivity index (χ3n) is 1.47. The number of halogens is 1. The summed E-state index contributed by atoms with van der Waals surface area (Å²) in [6.45, 7) is 1.96. The van der Waals surface area contributed by atoms with Gasteiger partial charge in [0.05, 0.1) is 0 Å². The van der Waals surface area contributed by atoms with E-state index in [1.807, 2.05) is 25.1 Å². The first-order valence-corrected chi connectivity index (χ1v) is 4.24. The zero-order chi connectivity index (χ0) is 8.97. The van der Waals surface area contributed by atoms with E-state index >= 15 is 0 Å². The van der Waals surface area contributed by atoms with Gasteiger partial charge in [0.1, 0.15) is 0 Å². The van der Waals surface area contributed by atoms with Crippen LogP contribution in [0.1, 0.15) is 11.1 Å². The first kappa shape index (κ1) is 9.02. The fourth-order valence-corrected chi connectivity index (χ4v) is 1.20. The van der Waals surface area contributed by atoms with Crippen molar-refractivity contribution in [3.05, 3.63) is 33.8 Å². The quantitative estimate of drug-likeness (QED) is 0.487. The lowest BCUT2D eigenvalue weighted by Gasteiger charge is -1.96. The summed E-state index contributed by atoms with van der Waals surface area (Å²) in [7, 11) is 0. The molecule has 12 heavy (non-hydrogen) atoms. The second kappa shape index (κ2) is 4.08. The van der Waals surface area contributed by atoms with Crippen molar-refractivity contribution in [3.8, 4) is 11.8 Å². The lowest BCUT2D eigenvalue weighted by molar-refractivity contribution is -0.103. The summed E-state index contributed by atoms with van der Waals surface area (Å²) >= 11 is 3.33. The predicted molar refractivity (Wildman–Crippen MR) is 51.8 cm³/mol. The molecule has 0 saturated carbocycles. The Morgan fingerprint density at radius 1 is 1.50 bits per heavy atom.